The van der Waals surface area contributed by atoms with Crippen molar-refractivity contribution in [2.45, 2.75) is 32.5 Å². The second kappa shape index (κ2) is 5.24. The summed E-state index contributed by atoms with van der Waals surface area (Å²) < 4.78 is 52.1. The summed E-state index contributed by atoms with van der Waals surface area (Å²) >= 11 is 0. The molecule has 0 aliphatic carbocycles. The van der Waals surface area contributed by atoms with Gasteiger partial charge in [-0.1, -0.05) is 0 Å². The fraction of sp³-hybridized carbons (Fsp3) is 1.00. The minimum absolute atomic E-state index is 0.181. The average molecular weight is 260 g/mol. The summed E-state index contributed by atoms with van der Waals surface area (Å²) in [7, 11) is -7.04. The molecule has 0 aliphatic rings. The van der Waals surface area contributed by atoms with Crippen LogP contribution in [0.25, 0.3) is 0 Å². The number of hydrogen-bond donors (Lipinski definition) is 0. The van der Waals surface area contributed by atoms with Crippen molar-refractivity contribution in [3.63, 3.8) is 0 Å². The van der Waals surface area contributed by atoms with E-state index in [-0.39, 0.29) is 6.42 Å². The molecule has 0 radical (unpaired) electrons. The maximum Gasteiger partial charge on any atom is 0.264 e. The molecule has 2 atom stereocenters. The molecule has 0 aromatic carbocycles. The molecule has 0 aromatic heterocycles. The molecule has 0 amide bonds. The van der Waals surface area contributed by atoms with Crippen molar-refractivity contribution in [2.75, 3.05) is 12.5 Å². The van der Waals surface area contributed by atoms with Crippen LogP contribution >= 0.6 is 0 Å². The molecule has 2 unspecified atom stereocenters. The van der Waals surface area contributed by atoms with Crippen molar-refractivity contribution in [2.24, 2.45) is 0 Å². The monoisotopic (exact) mass is 260 g/mol. The largest absolute Gasteiger partial charge is 0.267 e. The Morgan fingerprint density at radius 1 is 0.867 bits per heavy atom. The fourth-order valence-corrected chi connectivity index (χ4v) is 2.49. The lowest BCUT2D eigenvalue weighted by Gasteiger charge is -2.15. The molecule has 0 saturated carbocycles. The lowest BCUT2D eigenvalue weighted by Crippen LogP contribution is -2.22. The van der Waals surface area contributed by atoms with Crippen LogP contribution in [0.1, 0.15) is 20.3 Å². The summed E-state index contributed by atoms with van der Waals surface area (Å²) in [5.41, 5.74) is 0. The van der Waals surface area contributed by atoms with Crippen molar-refractivity contribution >= 4 is 20.2 Å². The summed E-state index contributed by atoms with van der Waals surface area (Å²) in [6.07, 6.45) is 0.825. The number of hydrogen-bond acceptors (Lipinski definition) is 6. The highest BCUT2D eigenvalue weighted by atomic mass is 32.2. The Hall–Kier alpha value is -0.180. The fourth-order valence-electron chi connectivity index (χ4n) is 1.14. The van der Waals surface area contributed by atoms with Crippen LogP contribution < -0.4 is 0 Å². The first kappa shape index (κ1) is 14.8. The lowest BCUT2D eigenvalue weighted by atomic mass is 10.2. The summed E-state index contributed by atoms with van der Waals surface area (Å²) in [6, 6.07) is 0. The number of rotatable bonds is 6. The standard InChI is InChI=1S/C7H16O6S2/c1-6(12-14(3,8)9)5-7(2)13-15(4,10)11/h6-7H,5H2,1-4H3. The smallest absolute Gasteiger partial charge is 0.264 e. The van der Waals surface area contributed by atoms with Gasteiger partial charge >= 0.3 is 0 Å². The molecule has 15 heavy (non-hydrogen) atoms. The van der Waals surface area contributed by atoms with E-state index in [9.17, 15) is 16.8 Å². The quantitative estimate of drug-likeness (QED) is 0.630. The molecule has 0 saturated heterocycles. The zero-order valence-electron chi connectivity index (χ0n) is 9.13. The molecule has 0 aromatic rings. The Bertz CT molecular complexity index is 344. The van der Waals surface area contributed by atoms with Gasteiger partial charge in [0.1, 0.15) is 0 Å². The zero-order chi connectivity index (χ0) is 12.3. The van der Waals surface area contributed by atoms with Crippen molar-refractivity contribution in [3.05, 3.63) is 0 Å². The minimum atomic E-state index is -3.52. The van der Waals surface area contributed by atoms with Crippen molar-refractivity contribution in [1.82, 2.24) is 0 Å². The van der Waals surface area contributed by atoms with E-state index in [1.807, 2.05) is 0 Å². The Morgan fingerprint density at radius 2 is 1.13 bits per heavy atom. The van der Waals surface area contributed by atoms with Crippen LogP contribution in [-0.2, 0) is 28.6 Å². The van der Waals surface area contributed by atoms with Crippen LogP contribution in [0.4, 0.5) is 0 Å². The van der Waals surface area contributed by atoms with Gasteiger partial charge in [0.25, 0.3) is 20.2 Å². The van der Waals surface area contributed by atoms with E-state index in [4.69, 9.17) is 0 Å². The molecule has 0 fully saturated rings. The molecule has 0 rings (SSSR count). The first-order valence-corrected chi connectivity index (χ1v) is 7.89. The molecule has 6 nitrogen and oxygen atoms in total. The highest BCUT2D eigenvalue weighted by Gasteiger charge is 2.17. The Balaban J connectivity index is 4.14. The molecule has 0 heterocycles. The summed E-state index contributed by atoms with van der Waals surface area (Å²) in [5, 5.41) is 0. The van der Waals surface area contributed by atoms with Crippen LogP contribution in [0.2, 0.25) is 0 Å². The average Bonchev–Trinajstić information content (AvgIpc) is 1.73. The Labute approximate surface area is 90.8 Å². The van der Waals surface area contributed by atoms with Gasteiger partial charge in [0.05, 0.1) is 24.7 Å². The maximum absolute atomic E-state index is 10.7. The van der Waals surface area contributed by atoms with E-state index < -0.39 is 32.4 Å². The SMILES string of the molecule is CC(CC(C)OS(C)(=O)=O)OS(C)(=O)=O. The van der Waals surface area contributed by atoms with Gasteiger partial charge in [-0.05, 0) is 13.8 Å². The highest BCUT2D eigenvalue weighted by molar-refractivity contribution is 7.86. The van der Waals surface area contributed by atoms with Crippen molar-refractivity contribution < 1.29 is 25.2 Å². The molecule has 0 bridgehead atoms. The Kier molecular flexibility index (Phi) is 5.18. The molecule has 0 N–H and O–H groups in total. The van der Waals surface area contributed by atoms with E-state index in [2.05, 4.69) is 8.37 Å². The molecular formula is C7H16O6S2. The molecule has 8 heteroatoms. The Morgan fingerprint density at radius 3 is 1.33 bits per heavy atom. The lowest BCUT2D eigenvalue weighted by molar-refractivity contribution is 0.141. The van der Waals surface area contributed by atoms with Gasteiger partial charge in [-0.3, -0.25) is 8.37 Å². The van der Waals surface area contributed by atoms with Crippen LogP contribution in [0, 0.1) is 0 Å². The van der Waals surface area contributed by atoms with Gasteiger partial charge in [0.2, 0.25) is 0 Å². The summed E-state index contributed by atoms with van der Waals surface area (Å²) in [4.78, 5) is 0. The summed E-state index contributed by atoms with van der Waals surface area (Å²) in [6.45, 7) is 3.06. The normalized spacial score (nSPS) is 17.3. The van der Waals surface area contributed by atoms with Crippen molar-refractivity contribution in [1.29, 1.82) is 0 Å². The molecule has 92 valence electrons. The van der Waals surface area contributed by atoms with Gasteiger partial charge in [-0.15, -0.1) is 0 Å². The second-order valence-electron chi connectivity index (χ2n) is 3.46. The highest BCUT2D eigenvalue weighted by Crippen LogP contribution is 2.09. The van der Waals surface area contributed by atoms with E-state index >= 15 is 0 Å². The predicted molar refractivity (Wildman–Crippen MR) is 55.4 cm³/mol. The third-order valence-corrected chi connectivity index (χ3v) is 2.70. The van der Waals surface area contributed by atoms with Crippen LogP contribution in [0.5, 0.6) is 0 Å². The van der Waals surface area contributed by atoms with Crippen LogP contribution in [-0.4, -0.2) is 41.6 Å². The van der Waals surface area contributed by atoms with E-state index in [0.717, 1.165) is 12.5 Å². The minimum Gasteiger partial charge on any atom is -0.267 e. The first-order chi connectivity index (χ1) is 6.49. The second-order valence-corrected chi connectivity index (χ2v) is 6.66. The third kappa shape index (κ3) is 10.1. The van der Waals surface area contributed by atoms with E-state index in [1.165, 1.54) is 13.8 Å². The van der Waals surface area contributed by atoms with Gasteiger partial charge in [0, 0.05) is 6.42 Å². The van der Waals surface area contributed by atoms with E-state index in [0.29, 0.717) is 0 Å². The zero-order valence-corrected chi connectivity index (χ0v) is 10.8. The molecular weight excluding hydrogens is 244 g/mol. The van der Waals surface area contributed by atoms with Gasteiger partial charge in [-0.2, -0.15) is 16.8 Å². The third-order valence-electron chi connectivity index (χ3n) is 1.34. The predicted octanol–water partition coefficient (Wildman–Crippen LogP) is 0.106. The van der Waals surface area contributed by atoms with Gasteiger partial charge < -0.3 is 0 Å². The van der Waals surface area contributed by atoms with Gasteiger partial charge in [0.15, 0.2) is 0 Å². The van der Waals surface area contributed by atoms with E-state index in [1.54, 1.807) is 0 Å². The first-order valence-electron chi connectivity index (χ1n) is 4.26. The van der Waals surface area contributed by atoms with Crippen LogP contribution in [0.15, 0.2) is 0 Å². The topological polar surface area (TPSA) is 86.7 Å². The summed E-state index contributed by atoms with van der Waals surface area (Å²) in [5.74, 6) is 0. The van der Waals surface area contributed by atoms with Gasteiger partial charge in [-0.25, -0.2) is 0 Å². The molecule has 0 spiro atoms. The van der Waals surface area contributed by atoms with Crippen molar-refractivity contribution in [3.8, 4) is 0 Å². The maximum atomic E-state index is 10.7. The van der Waals surface area contributed by atoms with Crippen LogP contribution in [0.3, 0.4) is 0 Å². The molecule has 0 aliphatic heterocycles.